The lowest BCUT2D eigenvalue weighted by Gasteiger charge is -2.11. The third kappa shape index (κ3) is 1.93. The van der Waals surface area contributed by atoms with Gasteiger partial charge < -0.3 is 10.2 Å². The smallest absolute Gasteiger partial charge is 0.122 e. The van der Waals surface area contributed by atoms with E-state index in [9.17, 15) is 10.0 Å². The number of phenolic OH excluding ortho intramolecular Hbond substituents is 2. The third-order valence-electron chi connectivity index (χ3n) is 3.01. The van der Waals surface area contributed by atoms with Gasteiger partial charge in [0.1, 0.15) is 11.5 Å². The Bertz CT molecular complexity index is 378. The summed E-state index contributed by atoms with van der Waals surface area (Å²) in [5, 5.41) is 21.8. The molecule has 1 aliphatic carbocycles. The Hall–Kier alpha value is -1.58. The molecule has 4 nitrogen and oxygen atoms in total. The fourth-order valence-corrected chi connectivity index (χ4v) is 2.21. The van der Waals surface area contributed by atoms with Crippen LogP contribution in [0.2, 0.25) is 0 Å². The van der Waals surface area contributed by atoms with E-state index in [4.69, 9.17) is 5.11 Å². The molecule has 0 aliphatic heterocycles. The Labute approximate surface area is 87.5 Å². The molecule has 1 aliphatic rings. The highest BCUT2D eigenvalue weighted by Crippen LogP contribution is 2.40. The first-order chi connectivity index (χ1) is 7.20. The summed E-state index contributed by atoms with van der Waals surface area (Å²) in [6.07, 6.45) is 2.35. The van der Waals surface area contributed by atoms with Gasteiger partial charge in [-0.15, -0.1) is 0 Å². The molecule has 15 heavy (non-hydrogen) atoms. The summed E-state index contributed by atoms with van der Waals surface area (Å²) in [4.78, 5) is 10.4. The molecule has 1 aromatic carbocycles. The molecule has 0 aromatic heterocycles. The molecule has 0 radical (unpaired) electrons. The van der Waals surface area contributed by atoms with E-state index in [1.54, 1.807) is 12.1 Å². The van der Waals surface area contributed by atoms with Crippen LogP contribution in [0.5, 0.6) is 11.5 Å². The summed E-state index contributed by atoms with van der Waals surface area (Å²) in [5.41, 5.74) is 0.805. The van der Waals surface area contributed by atoms with Crippen molar-refractivity contribution < 1.29 is 10.2 Å². The van der Waals surface area contributed by atoms with Crippen LogP contribution in [0.3, 0.4) is 0 Å². The van der Waals surface area contributed by atoms with Crippen LogP contribution in [0.1, 0.15) is 30.7 Å². The van der Waals surface area contributed by atoms with Crippen molar-refractivity contribution in [1.82, 2.24) is 0 Å². The van der Waals surface area contributed by atoms with E-state index in [1.165, 1.54) is 6.07 Å². The second-order valence-electron chi connectivity index (χ2n) is 4.01. The second-order valence-corrected chi connectivity index (χ2v) is 4.01. The second kappa shape index (κ2) is 3.88. The van der Waals surface area contributed by atoms with Gasteiger partial charge in [-0.2, -0.15) is 4.91 Å². The van der Waals surface area contributed by atoms with E-state index in [2.05, 4.69) is 5.18 Å². The number of aromatic hydroxyl groups is 2. The molecule has 0 amide bonds. The molecule has 2 rings (SSSR count). The predicted molar refractivity (Wildman–Crippen MR) is 55.9 cm³/mol. The normalized spacial score (nSPS) is 25.3. The first-order valence-corrected chi connectivity index (χ1v) is 5.05. The fraction of sp³-hybridized carbons (Fsp3) is 0.455. The molecule has 1 saturated carbocycles. The fourth-order valence-electron chi connectivity index (χ4n) is 2.21. The van der Waals surface area contributed by atoms with Gasteiger partial charge >= 0.3 is 0 Å². The van der Waals surface area contributed by atoms with E-state index in [0.29, 0.717) is 6.42 Å². The van der Waals surface area contributed by atoms with Gasteiger partial charge in [0, 0.05) is 6.07 Å². The number of nitrogens with zero attached hydrogens (tertiary/aromatic N) is 1. The van der Waals surface area contributed by atoms with Crippen molar-refractivity contribution in [2.75, 3.05) is 0 Å². The monoisotopic (exact) mass is 207 g/mol. The molecule has 80 valence electrons. The van der Waals surface area contributed by atoms with Crippen molar-refractivity contribution in [3.63, 3.8) is 0 Å². The predicted octanol–water partition coefficient (Wildman–Crippen LogP) is 2.50. The molecule has 1 aromatic rings. The minimum Gasteiger partial charge on any atom is -0.508 e. The topological polar surface area (TPSA) is 69.9 Å². The maximum absolute atomic E-state index is 10.4. The van der Waals surface area contributed by atoms with Gasteiger partial charge in [0.25, 0.3) is 0 Å². The SMILES string of the molecule is O=NC1CCC(c2ccc(O)cc2O)C1. The van der Waals surface area contributed by atoms with Crippen LogP contribution >= 0.6 is 0 Å². The van der Waals surface area contributed by atoms with Crippen LogP contribution in [0.4, 0.5) is 0 Å². The zero-order chi connectivity index (χ0) is 10.8. The van der Waals surface area contributed by atoms with Gasteiger partial charge in [-0.3, -0.25) is 0 Å². The van der Waals surface area contributed by atoms with Crippen molar-refractivity contribution in [2.45, 2.75) is 31.2 Å². The summed E-state index contributed by atoms with van der Waals surface area (Å²) in [5.74, 6) is 0.346. The number of nitroso groups, excluding NO2 is 1. The quantitative estimate of drug-likeness (QED) is 0.732. The highest BCUT2D eigenvalue weighted by Gasteiger charge is 2.28. The van der Waals surface area contributed by atoms with Crippen molar-refractivity contribution in [3.05, 3.63) is 28.7 Å². The van der Waals surface area contributed by atoms with Crippen LogP contribution in [0, 0.1) is 4.91 Å². The van der Waals surface area contributed by atoms with E-state index in [0.717, 1.165) is 18.4 Å². The standard InChI is InChI=1S/C11H13NO3/c13-9-3-4-10(11(14)6-9)7-1-2-8(5-7)12-15/h3-4,6-8,13-14H,1-2,5H2. The molecule has 2 unspecified atom stereocenters. The first kappa shape index (κ1) is 9.96. The van der Waals surface area contributed by atoms with Crippen LogP contribution in [-0.4, -0.2) is 16.3 Å². The zero-order valence-electron chi connectivity index (χ0n) is 8.26. The van der Waals surface area contributed by atoms with Gasteiger partial charge in [0.05, 0.1) is 6.04 Å². The summed E-state index contributed by atoms with van der Waals surface area (Å²) >= 11 is 0. The lowest BCUT2D eigenvalue weighted by atomic mass is 9.96. The Morgan fingerprint density at radius 1 is 1.27 bits per heavy atom. The Morgan fingerprint density at radius 2 is 2.07 bits per heavy atom. The van der Waals surface area contributed by atoms with Crippen molar-refractivity contribution in [1.29, 1.82) is 0 Å². The molecular weight excluding hydrogens is 194 g/mol. The zero-order valence-corrected chi connectivity index (χ0v) is 8.26. The minimum absolute atomic E-state index is 0.0549. The number of hydrogen-bond acceptors (Lipinski definition) is 4. The van der Waals surface area contributed by atoms with E-state index < -0.39 is 0 Å². The number of benzene rings is 1. The third-order valence-corrected chi connectivity index (χ3v) is 3.01. The summed E-state index contributed by atoms with van der Waals surface area (Å²) < 4.78 is 0. The maximum Gasteiger partial charge on any atom is 0.122 e. The molecule has 0 spiro atoms. The lowest BCUT2D eigenvalue weighted by molar-refractivity contribution is 0.441. The number of hydrogen-bond donors (Lipinski definition) is 2. The molecule has 0 saturated heterocycles. The lowest BCUT2D eigenvalue weighted by Crippen LogP contribution is -1.97. The molecule has 0 bridgehead atoms. The van der Waals surface area contributed by atoms with Gasteiger partial charge in [0.2, 0.25) is 0 Å². The minimum atomic E-state index is -0.122. The Kier molecular flexibility index (Phi) is 2.58. The first-order valence-electron chi connectivity index (χ1n) is 5.05. The average molecular weight is 207 g/mol. The average Bonchev–Trinajstić information content (AvgIpc) is 2.66. The Morgan fingerprint density at radius 3 is 2.67 bits per heavy atom. The highest BCUT2D eigenvalue weighted by molar-refractivity contribution is 5.41. The summed E-state index contributed by atoms with van der Waals surface area (Å²) in [6, 6.07) is 4.47. The van der Waals surface area contributed by atoms with Crippen molar-refractivity contribution >= 4 is 0 Å². The maximum atomic E-state index is 10.4. The van der Waals surface area contributed by atoms with Crippen LogP contribution in [-0.2, 0) is 0 Å². The summed E-state index contributed by atoms with van der Waals surface area (Å²) in [6.45, 7) is 0. The molecule has 1 fully saturated rings. The van der Waals surface area contributed by atoms with Crippen molar-refractivity contribution in [2.24, 2.45) is 5.18 Å². The van der Waals surface area contributed by atoms with E-state index in [1.807, 2.05) is 0 Å². The molecular formula is C11H13NO3. The molecule has 2 atom stereocenters. The van der Waals surface area contributed by atoms with Crippen molar-refractivity contribution in [3.8, 4) is 11.5 Å². The van der Waals surface area contributed by atoms with E-state index in [-0.39, 0.29) is 23.5 Å². The Balaban J connectivity index is 2.20. The van der Waals surface area contributed by atoms with Crippen LogP contribution in [0.15, 0.2) is 23.4 Å². The highest BCUT2D eigenvalue weighted by atomic mass is 16.3. The number of rotatable bonds is 2. The van der Waals surface area contributed by atoms with Gasteiger partial charge in [-0.25, -0.2) is 0 Å². The van der Waals surface area contributed by atoms with Gasteiger partial charge in [-0.1, -0.05) is 11.2 Å². The van der Waals surface area contributed by atoms with E-state index >= 15 is 0 Å². The summed E-state index contributed by atoms with van der Waals surface area (Å²) in [7, 11) is 0. The molecule has 0 heterocycles. The largest absolute Gasteiger partial charge is 0.508 e. The number of phenols is 2. The van der Waals surface area contributed by atoms with Crippen LogP contribution in [0.25, 0.3) is 0 Å². The van der Waals surface area contributed by atoms with Gasteiger partial charge in [-0.05, 0) is 36.8 Å². The van der Waals surface area contributed by atoms with Gasteiger partial charge in [0.15, 0.2) is 0 Å². The van der Waals surface area contributed by atoms with Crippen LogP contribution < -0.4 is 0 Å². The molecule has 4 heteroatoms. The molecule has 2 N–H and O–H groups in total.